The van der Waals surface area contributed by atoms with Crippen molar-refractivity contribution in [2.75, 3.05) is 39.3 Å². The van der Waals surface area contributed by atoms with E-state index in [0.29, 0.717) is 38.5 Å². The molecular weight excluding hydrogens is 230 g/mol. The van der Waals surface area contributed by atoms with E-state index in [4.69, 9.17) is 0 Å². The third-order valence-corrected chi connectivity index (χ3v) is 3.94. The summed E-state index contributed by atoms with van der Waals surface area (Å²) in [6.45, 7) is 6.40. The highest BCUT2D eigenvalue weighted by molar-refractivity contribution is 5.77. The Morgan fingerprint density at radius 1 is 1.17 bits per heavy atom. The summed E-state index contributed by atoms with van der Waals surface area (Å²) in [5, 5.41) is 3.34. The average Bonchev–Trinajstić information content (AvgIpc) is 2.40. The van der Waals surface area contributed by atoms with Gasteiger partial charge in [-0.2, -0.15) is 0 Å². The molecule has 0 aliphatic carbocycles. The lowest BCUT2D eigenvalue weighted by atomic mass is 9.95. The van der Waals surface area contributed by atoms with E-state index >= 15 is 0 Å². The van der Waals surface area contributed by atoms with Gasteiger partial charge in [-0.25, -0.2) is 0 Å². The quantitative estimate of drug-likeness (QED) is 0.757. The molecule has 2 aliphatic heterocycles. The van der Waals surface area contributed by atoms with E-state index in [0.717, 1.165) is 19.5 Å². The largest absolute Gasteiger partial charge is 0.339 e. The zero-order chi connectivity index (χ0) is 13.0. The van der Waals surface area contributed by atoms with Crippen LogP contribution in [0.25, 0.3) is 0 Å². The van der Waals surface area contributed by atoms with Crippen molar-refractivity contribution in [3.05, 3.63) is 0 Å². The van der Waals surface area contributed by atoms with Gasteiger partial charge in [0.05, 0.1) is 0 Å². The molecule has 2 amide bonds. The van der Waals surface area contributed by atoms with Crippen molar-refractivity contribution in [3.63, 3.8) is 0 Å². The summed E-state index contributed by atoms with van der Waals surface area (Å²) in [4.78, 5) is 27.1. The van der Waals surface area contributed by atoms with Crippen LogP contribution in [0.4, 0.5) is 0 Å². The molecule has 102 valence electrons. The number of nitrogens with zero attached hydrogens (tertiary/aromatic N) is 2. The zero-order valence-electron chi connectivity index (χ0n) is 11.2. The van der Waals surface area contributed by atoms with Crippen LogP contribution in [0.3, 0.4) is 0 Å². The fourth-order valence-electron chi connectivity index (χ4n) is 2.75. The topological polar surface area (TPSA) is 52.7 Å². The van der Waals surface area contributed by atoms with Crippen molar-refractivity contribution in [1.29, 1.82) is 0 Å². The molecule has 1 unspecified atom stereocenters. The maximum Gasteiger partial charge on any atom is 0.223 e. The van der Waals surface area contributed by atoms with Gasteiger partial charge < -0.3 is 15.1 Å². The minimum Gasteiger partial charge on any atom is -0.339 e. The van der Waals surface area contributed by atoms with E-state index in [1.807, 2.05) is 9.80 Å². The number of hydrogen-bond acceptors (Lipinski definition) is 3. The average molecular weight is 253 g/mol. The van der Waals surface area contributed by atoms with Crippen LogP contribution >= 0.6 is 0 Å². The second-order valence-electron chi connectivity index (χ2n) is 5.30. The van der Waals surface area contributed by atoms with Crippen molar-refractivity contribution >= 4 is 11.8 Å². The molecule has 5 heteroatoms. The van der Waals surface area contributed by atoms with Crippen LogP contribution in [0.1, 0.15) is 26.2 Å². The molecule has 2 saturated heterocycles. The van der Waals surface area contributed by atoms with Gasteiger partial charge in [-0.15, -0.1) is 0 Å². The molecule has 2 heterocycles. The highest BCUT2D eigenvalue weighted by atomic mass is 16.2. The van der Waals surface area contributed by atoms with Gasteiger partial charge in [0.25, 0.3) is 0 Å². The first-order valence-corrected chi connectivity index (χ1v) is 6.91. The molecule has 0 aromatic rings. The smallest absolute Gasteiger partial charge is 0.223 e. The van der Waals surface area contributed by atoms with Crippen molar-refractivity contribution in [2.24, 2.45) is 5.92 Å². The van der Waals surface area contributed by atoms with E-state index in [2.05, 4.69) is 5.32 Å². The van der Waals surface area contributed by atoms with Crippen LogP contribution in [-0.4, -0.2) is 60.9 Å². The Morgan fingerprint density at radius 3 is 2.39 bits per heavy atom. The molecule has 2 rings (SSSR count). The maximum atomic E-state index is 12.1. The van der Waals surface area contributed by atoms with E-state index < -0.39 is 0 Å². The molecule has 0 bridgehead atoms. The maximum absolute atomic E-state index is 12.1. The Balaban J connectivity index is 1.75. The first-order chi connectivity index (χ1) is 8.66. The van der Waals surface area contributed by atoms with Crippen LogP contribution in [0.5, 0.6) is 0 Å². The van der Waals surface area contributed by atoms with E-state index in [9.17, 15) is 9.59 Å². The van der Waals surface area contributed by atoms with E-state index in [1.165, 1.54) is 6.42 Å². The summed E-state index contributed by atoms with van der Waals surface area (Å²) in [5.41, 5.74) is 0. The molecule has 0 radical (unpaired) electrons. The number of amides is 2. The highest BCUT2D eigenvalue weighted by Crippen LogP contribution is 2.16. The summed E-state index contributed by atoms with van der Waals surface area (Å²) >= 11 is 0. The summed E-state index contributed by atoms with van der Waals surface area (Å²) in [7, 11) is 0. The van der Waals surface area contributed by atoms with Crippen LogP contribution in [0, 0.1) is 5.92 Å². The minimum absolute atomic E-state index is 0.110. The Hall–Kier alpha value is -1.10. The van der Waals surface area contributed by atoms with Crippen molar-refractivity contribution < 1.29 is 9.59 Å². The van der Waals surface area contributed by atoms with Gasteiger partial charge in [0.2, 0.25) is 11.8 Å². The molecule has 0 aromatic carbocycles. The molecule has 1 N–H and O–H groups in total. The summed E-state index contributed by atoms with van der Waals surface area (Å²) < 4.78 is 0. The fraction of sp³-hybridized carbons (Fsp3) is 0.846. The molecule has 0 aromatic heterocycles. The van der Waals surface area contributed by atoms with Crippen LogP contribution in [0.2, 0.25) is 0 Å². The first kappa shape index (κ1) is 13.3. The number of piperazine rings is 1. The SMILES string of the molecule is CC(=O)N1CCN(C(=O)CC2CCCNC2)CC1. The summed E-state index contributed by atoms with van der Waals surface area (Å²) in [6, 6.07) is 0. The van der Waals surface area contributed by atoms with Crippen LogP contribution < -0.4 is 5.32 Å². The normalized spacial score (nSPS) is 25.1. The molecule has 0 spiro atoms. The number of carbonyl (C=O) groups excluding carboxylic acids is 2. The third-order valence-electron chi connectivity index (χ3n) is 3.94. The van der Waals surface area contributed by atoms with Gasteiger partial charge in [0.15, 0.2) is 0 Å². The van der Waals surface area contributed by atoms with Crippen molar-refractivity contribution in [1.82, 2.24) is 15.1 Å². The predicted octanol–water partition coefficient (Wildman–Crippen LogP) is 0.0668. The van der Waals surface area contributed by atoms with E-state index in [1.54, 1.807) is 6.92 Å². The van der Waals surface area contributed by atoms with Gasteiger partial charge >= 0.3 is 0 Å². The Bertz CT molecular complexity index is 305. The van der Waals surface area contributed by atoms with Gasteiger partial charge in [-0.05, 0) is 31.8 Å². The zero-order valence-corrected chi connectivity index (χ0v) is 11.2. The molecular formula is C13H23N3O2. The Kier molecular flexibility index (Phi) is 4.58. The van der Waals surface area contributed by atoms with Crippen LogP contribution in [0.15, 0.2) is 0 Å². The van der Waals surface area contributed by atoms with Crippen molar-refractivity contribution in [3.8, 4) is 0 Å². The summed E-state index contributed by atoms with van der Waals surface area (Å²) in [6.07, 6.45) is 3.00. The highest BCUT2D eigenvalue weighted by Gasteiger charge is 2.24. The second-order valence-corrected chi connectivity index (χ2v) is 5.30. The van der Waals surface area contributed by atoms with Gasteiger partial charge in [0, 0.05) is 39.5 Å². The van der Waals surface area contributed by atoms with Gasteiger partial charge in [0.1, 0.15) is 0 Å². The molecule has 2 aliphatic rings. The molecule has 0 saturated carbocycles. The van der Waals surface area contributed by atoms with Crippen LogP contribution in [-0.2, 0) is 9.59 Å². The lowest BCUT2D eigenvalue weighted by Gasteiger charge is -2.35. The molecule has 1 atom stereocenters. The molecule has 2 fully saturated rings. The molecule has 5 nitrogen and oxygen atoms in total. The van der Waals surface area contributed by atoms with Crippen molar-refractivity contribution in [2.45, 2.75) is 26.2 Å². The fourth-order valence-corrected chi connectivity index (χ4v) is 2.75. The number of piperidine rings is 1. The molecule has 18 heavy (non-hydrogen) atoms. The third kappa shape index (κ3) is 3.45. The predicted molar refractivity (Wildman–Crippen MR) is 69.0 cm³/mol. The van der Waals surface area contributed by atoms with Gasteiger partial charge in [-0.3, -0.25) is 9.59 Å². The first-order valence-electron chi connectivity index (χ1n) is 6.91. The lowest BCUT2D eigenvalue weighted by molar-refractivity contribution is -0.139. The number of rotatable bonds is 2. The number of hydrogen-bond donors (Lipinski definition) is 1. The van der Waals surface area contributed by atoms with Gasteiger partial charge in [-0.1, -0.05) is 0 Å². The summed E-state index contributed by atoms with van der Waals surface area (Å²) in [5.74, 6) is 0.863. The van der Waals surface area contributed by atoms with E-state index in [-0.39, 0.29) is 11.8 Å². The lowest BCUT2D eigenvalue weighted by Crippen LogP contribution is -2.50. The Morgan fingerprint density at radius 2 is 1.83 bits per heavy atom. The standard InChI is InChI=1S/C13H23N3O2/c1-11(17)15-5-7-16(8-6-15)13(18)9-12-3-2-4-14-10-12/h12,14H,2-10H2,1H3. The number of nitrogens with one attached hydrogen (secondary N) is 1. The monoisotopic (exact) mass is 253 g/mol. The Labute approximate surface area is 108 Å². The minimum atomic E-state index is 0.110. The second kappa shape index (κ2) is 6.18. The number of carbonyl (C=O) groups is 2.